The molecule has 2 amide bonds. The summed E-state index contributed by atoms with van der Waals surface area (Å²) in [4.78, 5) is 30.9. The Labute approximate surface area is 142 Å². The molecule has 2 aliphatic rings. The van der Waals surface area contributed by atoms with Gasteiger partial charge in [-0.05, 0) is 41.4 Å². The monoisotopic (exact) mass is 376 g/mol. The molecule has 0 aromatic carbocycles. The second-order valence-electron chi connectivity index (χ2n) is 6.55. The van der Waals surface area contributed by atoms with E-state index in [-0.39, 0.29) is 17.2 Å². The highest BCUT2D eigenvalue weighted by molar-refractivity contribution is 9.10. The molecule has 0 saturated carbocycles. The van der Waals surface area contributed by atoms with E-state index in [9.17, 15) is 9.59 Å². The first kappa shape index (κ1) is 14.7. The summed E-state index contributed by atoms with van der Waals surface area (Å²) < 4.78 is 2.74. The van der Waals surface area contributed by atoms with E-state index in [1.807, 2.05) is 34.6 Å². The van der Waals surface area contributed by atoms with Gasteiger partial charge in [0, 0.05) is 42.1 Å². The van der Waals surface area contributed by atoms with Crippen LogP contribution in [0.3, 0.4) is 0 Å². The van der Waals surface area contributed by atoms with Crippen LogP contribution in [0.4, 0.5) is 0 Å². The van der Waals surface area contributed by atoms with Gasteiger partial charge in [-0.3, -0.25) is 14.0 Å². The van der Waals surface area contributed by atoms with Gasteiger partial charge in [0.1, 0.15) is 11.3 Å². The van der Waals surface area contributed by atoms with Crippen molar-refractivity contribution < 1.29 is 9.59 Å². The van der Waals surface area contributed by atoms with E-state index in [4.69, 9.17) is 0 Å². The average Bonchev–Trinajstić information content (AvgIpc) is 3.17. The number of rotatable bonds is 1. The zero-order chi connectivity index (χ0) is 16.2. The average molecular weight is 377 g/mol. The molecular weight excluding hydrogens is 360 g/mol. The first-order valence-electron chi connectivity index (χ1n) is 7.68. The molecule has 0 bridgehead atoms. The minimum atomic E-state index is -0.0816. The second-order valence-corrected chi connectivity index (χ2v) is 7.47. The van der Waals surface area contributed by atoms with Crippen LogP contribution < -0.4 is 5.32 Å². The minimum absolute atomic E-state index is 0.00989. The molecule has 2 fully saturated rings. The Morgan fingerprint density at radius 1 is 1.43 bits per heavy atom. The van der Waals surface area contributed by atoms with Crippen LogP contribution in [0, 0.1) is 12.3 Å². The molecule has 1 atom stereocenters. The highest BCUT2D eigenvalue weighted by Gasteiger charge is 2.45. The number of pyridine rings is 1. The van der Waals surface area contributed by atoms with E-state index in [2.05, 4.69) is 26.2 Å². The standard InChI is InChI=1S/C16H17BrN4O2/c1-10-14(21-7-11(17)2-3-12(21)19-10)15(23)20-5-4-16(9-20)6-13(22)18-8-16/h2-3,7H,4-6,8-9H2,1H3,(H,18,22). The molecule has 120 valence electrons. The van der Waals surface area contributed by atoms with E-state index in [0.29, 0.717) is 31.7 Å². The molecule has 2 aliphatic heterocycles. The van der Waals surface area contributed by atoms with Gasteiger partial charge in [-0.25, -0.2) is 4.98 Å². The normalized spacial score (nSPS) is 23.9. The maximum Gasteiger partial charge on any atom is 0.272 e. The number of aryl methyl sites for hydroxylation is 1. The molecule has 2 saturated heterocycles. The fourth-order valence-corrected chi connectivity index (χ4v) is 4.03. The lowest BCUT2D eigenvalue weighted by Gasteiger charge is -2.21. The number of aromatic nitrogens is 2. The first-order valence-corrected chi connectivity index (χ1v) is 8.47. The number of nitrogens with one attached hydrogen (secondary N) is 1. The highest BCUT2D eigenvalue weighted by atomic mass is 79.9. The third kappa shape index (κ3) is 2.34. The molecule has 0 radical (unpaired) electrons. The Bertz CT molecular complexity index is 831. The van der Waals surface area contributed by atoms with Crippen LogP contribution in [0.5, 0.6) is 0 Å². The number of likely N-dealkylation sites (tertiary alicyclic amines) is 1. The van der Waals surface area contributed by atoms with Crippen molar-refractivity contribution in [1.29, 1.82) is 0 Å². The fraction of sp³-hybridized carbons (Fsp3) is 0.438. The summed E-state index contributed by atoms with van der Waals surface area (Å²) in [6.07, 6.45) is 3.26. The zero-order valence-corrected chi connectivity index (χ0v) is 14.4. The van der Waals surface area contributed by atoms with Gasteiger partial charge in [0.25, 0.3) is 5.91 Å². The number of hydrogen-bond acceptors (Lipinski definition) is 3. The number of hydrogen-bond donors (Lipinski definition) is 1. The van der Waals surface area contributed by atoms with Crippen LogP contribution in [0.1, 0.15) is 29.0 Å². The van der Waals surface area contributed by atoms with Crippen LogP contribution >= 0.6 is 15.9 Å². The van der Waals surface area contributed by atoms with Gasteiger partial charge < -0.3 is 10.2 Å². The first-order chi connectivity index (χ1) is 11.0. The fourth-order valence-electron chi connectivity index (χ4n) is 3.69. The van der Waals surface area contributed by atoms with E-state index in [1.54, 1.807) is 0 Å². The zero-order valence-electron chi connectivity index (χ0n) is 12.8. The SMILES string of the molecule is Cc1nc2ccc(Br)cn2c1C(=O)N1CCC2(CNC(=O)C2)C1. The summed E-state index contributed by atoms with van der Waals surface area (Å²) in [6, 6.07) is 3.80. The van der Waals surface area contributed by atoms with Crippen LogP contribution in [-0.4, -0.2) is 45.7 Å². The highest BCUT2D eigenvalue weighted by Crippen LogP contribution is 2.37. The summed E-state index contributed by atoms with van der Waals surface area (Å²) >= 11 is 3.44. The van der Waals surface area contributed by atoms with Crippen molar-refractivity contribution in [3.63, 3.8) is 0 Å². The van der Waals surface area contributed by atoms with Crippen molar-refractivity contribution in [2.75, 3.05) is 19.6 Å². The molecular formula is C16H17BrN4O2. The number of carbonyl (C=O) groups excluding carboxylic acids is 2. The van der Waals surface area contributed by atoms with Gasteiger partial charge in [-0.2, -0.15) is 0 Å². The number of halogens is 1. The number of nitrogens with zero attached hydrogens (tertiary/aromatic N) is 3. The summed E-state index contributed by atoms with van der Waals surface area (Å²) in [5.41, 5.74) is 2.02. The van der Waals surface area contributed by atoms with Gasteiger partial charge in [0.2, 0.25) is 5.91 Å². The quantitative estimate of drug-likeness (QED) is 0.824. The Morgan fingerprint density at radius 2 is 2.26 bits per heavy atom. The summed E-state index contributed by atoms with van der Waals surface area (Å²) in [5, 5.41) is 2.89. The topological polar surface area (TPSA) is 66.7 Å². The van der Waals surface area contributed by atoms with Gasteiger partial charge in [-0.15, -0.1) is 0 Å². The predicted molar refractivity (Wildman–Crippen MR) is 88.2 cm³/mol. The number of imidazole rings is 1. The molecule has 4 rings (SSSR count). The lowest BCUT2D eigenvalue weighted by Crippen LogP contribution is -2.34. The van der Waals surface area contributed by atoms with Gasteiger partial charge in [0.15, 0.2) is 0 Å². The molecule has 4 heterocycles. The van der Waals surface area contributed by atoms with E-state index in [1.165, 1.54) is 0 Å². The Hall–Kier alpha value is -1.89. The number of fused-ring (bicyclic) bond motifs is 1. The lowest BCUT2D eigenvalue weighted by molar-refractivity contribution is -0.119. The molecule has 7 heteroatoms. The van der Waals surface area contributed by atoms with Crippen molar-refractivity contribution in [3.05, 3.63) is 34.2 Å². The predicted octanol–water partition coefficient (Wildman–Crippen LogP) is 1.76. The van der Waals surface area contributed by atoms with Gasteiger partial charge >= 0.3 is 0 Å². The number of carbonyl (C=O) groups is 2. The largest absolute Gasteiger partial charge is 0.355 e. The van der Waals surface area contributed by atoms with E-state index in [0.717, 1.165) is 22.2 Å². The summed E-state index contributed by atoms with van der Waals surface area (Å²) in [7, 11) is 0. The maximum absolute atomic E-state index is 13.0. The summed E-state index contributed by atoms with van der Waals surface area (Å²) in [6.45, 7) is 3.85. The maximum atomic E-state index is 13.0. The van der Waals surface area contributed by atoms with Crippen LogP contribution in [-0.2, 0) is 4.79 Å². The smallest absolute Gasteiger partial charge is 0.272 e. The minimum Gasteiger partial charge on any atom is -0.355 e. The molecule has 23 heavy (non-hydrogen) atoms. The molecule has 1 unspecified atom stereocenters. The molecule has 1 spiro atoms. The van der Waals surface area contributed by atoms with Gasteiger partial charge in [0.05, 0.1) is 5.69 Å². The molecule has 0 aliphatic carbocycles. The van der Waals surface area contributed by atoms with Crippen LogP contribution in [0.15, 0.2) is 22.8 Å². The van der Waals surface area contributed by atoms with Gasteiger partial charge in [-0.1, -0.05) is 0 Å². The Morgan fingerprint density at radius 3 is 3.00 bits per heavy atom. The van der Waals surface area contributed by atoms with Crippen LogP contribution in [0.25, 0.3) is 5.65 Å². The van der Waals surface area contributed by atoms with Crippen molar-refractivity contribution in [3.8, 4) is 0 Å². The molecule has 2 aromatic heterocycles. The lowest BCUT2D eigenvalue weighted by atomic mass is 9.86. The van der Waals surface area contributed by atoms with Crippen LogP contribution in [0.2, 0.25) is 0 Å². The van der Waals surface area contributed by atoms with E-state index < -0.39 is 0 Å². The molecule has 2 aromatic rings. The number of amides is 2. The van der Waals surface area contributed by atoms with E-state index >= 15 is 0 Å². The van der Waals surface area contributed by atoms with Crippen molar-refractivity contribution in [2.45, 2.75) is 19.8 Å². The van der Waals surface area contributed by atoms with Crippen molar-refractivity contribution in [1.82, 2.24) is 19.6 Å². The second kappa shape index (κ2) is 5.06. The Balaban J connectivity index is 1.67. The third-order valence-corrected chi connectivity index (χ3v) is 5.35. The van der Waals surface area contributed by atoms with Crippen molar-refractivity contribution >= 4 is 33.4 Å². The molecule has 1 N–H and O–H groups in total. The Kier molecular flexibility index (Phi) is 3.23. The summed E-state index contributed by atoms with van der Waals surface area (Å²) in [5.74, 6) is 0.0820. The molecule has 6 nitrogen and oxygen atoms in total. The van der Waals surface area contributed by atoms with Crippen molar-refractivity contribution in [2.24, 2.45) is 5.41 Å². The third-order valence-electron chi connectivity index (χ3n) is 4.88.